The number of allylic oxidation sites excluding steroid dienone is 1. The molecule has 0 radical (unpaired) electrons. The van der Waals surface area contributed by atoms with Crippen molar-refractivity contribution >= 4 is 17.3 Å². The average molecular weight is 233 g/mol. The molecule has 2 aliphatic heterocycles. The standard InChI is InChI=1S/C12H15N3O2/c1-8(16)11-9(17-4)7-10-13-12(2,3)5-6-15(10)14-11/h5-7H,1-4H3. The molecule has 0 aromatic rings. The molecule has 0 bridgehead atoms. The van der Waals surface area contributed by atoms with E-state index in [-0.39, 0.29) is 11.3 Å². The summed E-state index contributed by atoms with van der Waals surface area (Å²) in [6, 6.07) is 0. The maximum atomic E-state index is 11.4. The first-order valence-electron chi connectivity index (χ1n) is 5.37. The lowest BCUT2D eigenvalue weighted by atomic mass is 10.1. The second kappa shape index (κ2) is 3.84. The van der Waals surface area contributed by atoms with Crippen LogP contribution in [0.5, 0.6) is 0 Å². The second-order valence-corrected chi connectivity index (χ2v) is 4.50. The number of carbonyl (C=O) groups is 1. The molecule has 2 rings (SSSR count). The molecule has 5 heteroatoms. The Morgan fingerprint density at radius 1 is 1.47 bits per heavy atom. The van der Waals surface area contributed by atoms with E-state index >= 15 is 0 Å². The highest BCUT2D eigenvalue weighted by molar-refractivity contribution is 6.46. The van der Waals surface area contributed by atoms with Crippen molar-refractivity contribution < 1.29 is 9.53 Å². The van der Waals surface area contributed by atoms with E-state index in [4.69, 9.17) is 4.74 Å². The summed E-state index contributed by atoms with van der Waals surface area (Å²) in [5.41, 5.74) is 0.0561. The minimum Gasteiger partial charge on any atom is -0.494 e. The van der Waals surface area contributed by atoms with E-state index in [1.807, 2.05) is 26.1 Å². The summed E-state index contributed by atoms with van der Waals surface area (Å²) in [4.78, 5) is 15.9. The van der Waals surface area contributed by atoms with Crippen LogP contribution in [0.25, 0.3) is 0 Å². The molecule has 0 unspecified atom stereocenters. The first kappa shape index (κ1) is 11.6. The summed E-state index contributed by atoms with van der Waals surface area (Å²) < 4.78 is 5.16. The highest BCUT2D eigenvalue weighted by Crippen LogP contribution is 2.22. The third-order valence-electron chi connectivity index (χ3n) is 2.52. The van der Waals surface area contributed by atoms with Crippen molar-refractivity contribution in [2.45, 2.75) is 26.3 Å². The van der Waals surface area contributed by atoms with Crippen LogP contribution in [0.3, 0.4) is 0 Å². The quantitative estimate of drug-likeness (QED) is 0.726. The summed E-state index contributed by atoms with van der Waals surface area (Å²) in [6.07, 6.45) is 5.48. The van der Waals surface area contributed by atoms with Crippen molar-refractivity contribution in [2.24, 2.45) is 10.1 Å². The van der Waals surface area contributed by atoms with Gasteiger partial charge in [-0.2, -0.15) is 5.10 Å². The molecular weight excluding hydrogens is 218 g/mol. The van der Waals surface area contributed by atoms with Gasteiger partial charge in [-0.3, -0.25) is 9.79 Å². The Morgan fingerprint density at radius 2 is 2.18 bits per heavy atom. The van der Waals surface area contributed by atoms with E-state index in [0.29, 0.717) is 17.3 Å². The number of fused-ring (bicyclic) bond motifs is 1. The predicted molar refractivity (Wildman–Crippen MR) is 65.7 cm³/mol. The Balaban J connectivity index is 2.44. The number of carbonyl (C=O) groups excluding carboxylic acids is 1. The molecule has 17 heavy (non-hydrogen) atoms. The number of ketones is 1. The molecule has 0 amide bonds. The van der Waals surface area contributed by atoms with Crippen LogP contribution < -0.4 is 0 Å². The molecule has 90 valence electrons. The molecule has 0 saturated heterocycles. The molecule has 0 aromatic carbocycles. The van der Waals surface area contributed by atoms with Crippen LogP contribution in [0.1, 0.15) is 20.8 Å². The number of Topliss-reactive ketones (excluding diaryl/α,β-unsaturated/α-hetero) is 1. The number of aliphatic imine (C=N–C) groups is 1. The number of hydrazone groups is 1. The van der Waals surface area contributed by atoms with Gasteiger partial charge in [0.2, 0.25) is 0 Å². The fraction of sp³-hybridized carbons (Fsp3) is 0.417. The molecule has 0 spiro atoms. The maximum Gasteiger partial charge on any atom is 0.183 e. The van der Waals surface area contributed by atoms with Gasteiger partial charge in [0.05, 0.1) is 12.6 Å². The smallest absolute Gasteiger partial charge is 0.183 e. The molecule has 2 heterocycles. The molecule has 0 aliphatic carbocycles. The molecule has 0 fully saturated rings. The van der Waals surface area contributed by atoms with Crippen LogP contribution in [0.15, 0.2) is 34.2 Å². The number of methoxy groups -OCH3 is 1. The van der Waals surface area contributed by atoms with Crippen molar-refractivity contribution in [1.82, 2.24) is 5.01 Å². The van der Waals surface area contributed by atoms with Crippen molar-refractivity contribution in [2.75, 3.05) is 7.11 Å². The Kier molecular flexibility index (Phi) is 2.61. The summed E-state index contributed by atoms with van der Waals surface area (Å²) in [7, 11) is 1.52. The van der Waals surface area contributed by atoms with E-state index in [0.717, 1.165) is 0 Å². The molecule has 0 atom stereocenters. The monoisotopic (exact) mass is 233 g/mol. The van der Waals surface area contributed by atoms with Crippen molar-refractivity contribution in [3.05, 3.63) is 24.1 Å². The largest absolute Gasteiger partial charge is 0.494 e. The zero-order chi connectivity index (χ0) is 12.6. The van der Waals surface area contributed by atoms with Crippen LogP contribution in [0.2, 0.25) is 0 Å². The number of amidine groups is 1. The van der Waals surface area contributed by atoms with Gasteiger partial charge in [-0.25, -0.2) is 5.01 Å². The number of ether oxygens (including phenoxy) is 1. The van der Waals surface area contributed by atoms with Crippen LogP contribution in [-0.4, -0.2) is 35.0 Å². The normalized spacial score (nSPS) is 21.2. The third kappa shape index (κ3) is 2.13. The third-order valence-corrected chi connectivity index (χ3v) is 2.52. The van der Waals surface area contributed by atoms with E-state index in [1.165, 1.54) is 14.0 Å². The zero-order valence-corrected chi connectivity index (χ0v) is 10.4. The van der Waals surface area contributed by atoms with Gasteiger partial charge >= 0.3 is 0 Å². The minimum atomic E-state index is -0.259. The first-order chi connectivity index (χ1) is 7.93. The van der Waals surface area contributed by atoms with Gasteiger partial charge in [0, 0.05) is 19.2 Å². The number of hydrogen-bond donors (Lipinski definition) is 0. The lowest BCUT2D eigenvalue weighted by Crippen LogP contribution is -2.35. The van der Waals surface area contributed by atoms with Gasteiger partial charge in [0.25, 0.3) is 0 Å². The minimum absolute atomic E-state index is 0.129. The van der Waals surface area contributed by atoms with Gasteiger partial charge in [0.1, 0.15) is 0 Å². The van der Waals surface area contributed by atoms with Crippen molar-refractivity contribution in [3.8, 4) is 0 Å². The van der Waals surface area contributed by atoms with Gasteiger partial charge in [-0.1, -0.05) is 0 Å². The molecule has 0 N–H and O–H groups in total. The number of rotatable bonds is 2. The topological polar surface area (TPSA) is 54.3 Å². The maximum absolute atomic E-state index is 11.4. The van der Waals surface area contributed by atoms with Gasteiger partial charge in [-0.15, -0.1) is 0 Å². The highest BCUT2D eigenvalue weighted by atomic mass is 16.5. The summed E-state index contributed by atoms with van der Waals surface area (Å²) in [5, 5.41) is 5.80. The predicted octanol–water partition coefficient (Wildman–Crippen LogP) is 1.48. The van der Waals surface area contributed by atoms with Crippen LogP contribution >= 0.6 is 0 Å². The zero-order valence-electron chi connectivity index (χ0n) is 10.4. The molecule has 0 aromatic heterocycles. The van der Waals surface area contributed by atoms with E-state index in [2.05, 4.69) is 10.1 Å². The fourth-order valence-corrected chi connectivity index (χ4v) is 1.64. The lowest BCUT2D eigenvalue weighted by molar-refractivity contribution is -0.111. The molecular formula is C12H15N3O2. The van der Waals surface area contributed by atoms with Gasteiger partial charge < -0.3 is 4.74 Å². The summed E-state index contributed by atoms with van der Waals surface area (Å²) in [6.45, 7) is 5.46. The van der Waals surface area contributed by atoms with Crippen LogP contribution in [-0.2, 0) is 9.53 Å². The Labute approximate surface area is 100 Å². The van der Waals surface area contributed by atoms with E-state index in [9.17, 15) is 4.79 Å². The molecule has 5 nitrogen and oxygen atoms in total. The SMILES string of the molecule is COC1=CC2=NC(C)(C)C=CN2N=C1C(C)=O. The number of nitrogens with zero attached hydrogens (tertiary/aromatic N) is 3. The fourth-order valence-electron chi connectivity index (χ4n) is 1.64. The molecule has 0 saturated carbocycles. The van der Waals surface area contributed by atoms with Crippen molar-refractivity contribution in [1.29, 1.82) is 0 Å². The molecule has 2 aliphatic rings. The van der Waals surface area contributed by atoms with Gasteiger partial charge in [-0.05, 0) is 19.9 Å². The van der Waals surface area contributed by atoms with E-state index < -0.39 is 0 Å². The second-order valence-electron chi connectivity index (χ2n) is 4.50. The Morgan fingerprint density at radius 3 is 2.76 bits per heavy atom. The summed E-state index contributed by atoms with van der Waals surface area (Å²) >= 11 is 0. The lowest BCUT2D eigenvalue weighted by Gasteiger charge is -2.29. The van der Waals surface area contributed by atoms with Gasteiger partial charge in [0.15, 0.2) is 23.1 Å². The average Bonchev–Trinajstić information content (AvgIpc) is 2.25. The first-order valence-corrected chi connectivity index (χ1v) is 5.37. The Bertz CT molecular complexity index is 484. The number of hydrogen-bond acceptors (Lipinski definition) is 5. The highest BCUT2D eigenvalue weighted by Gasteiger charge is 2.27. The Hall–Kier alpha value is -1.91. The van der Waals surface area contributed by atoms with E-state index in [1.54, 1.807) is 11.1 Å². The van der Waals surface area contributed by atoms with Crippen LogP contribution in [0.4, 0.5) is 0 Å². The van der Waals surface area contributed by atoms with Crippen molar-refractivity contribution in [3.63, 3.8) is 0 Å². The van der Waals surface area contributed by atoms with Crippen LogP contribution in [0, 0.1) is 0 Å². The summed E-state index contributed by atoms with van der Waals surface area (Å²) in [5.74, 6) is 1.01.